The molecule has 5 heavy (non-hydrogen) atoms. The third kappa shape index (κ3) is 20.6. The Hall–Kier alpha value is 2.61. The summed E-state index contributed by atoms with van der Waals surface area (Å²) in [6, 6.07) is 0. The van der Waals surface area contributed by atoms with Crippen molar-refractivity contribution in [1.82, 2.24) is 0 Å². The number of hydrogen-bond acceptors (Lipinski definition) is 0. The van der Waals surface area contributed by atoms with Gasteiger partial charge in [0.1, 0.15) is 0 Å². The van der Waals surface area contributed by atoms with Crippen LogP contribution in [-0.2, 0) is 21.7 Å². The first-order valence-electron chi connectivity index (χ1n) is 0. The second-order valence-electron chi connectivity index (χ2n) is 0. The zero-order valence-electron chi connectivity index (χ0n) is 3.78. The molecule has 0 aromatic carbocycles. The Kier molecular flexibility index (Phi) is 298. The molecule has 0 heterocycles. The second kappa shape index (κ2) is 30.5. The molecule has 0 aromatic heterocycles. The van der Waals surface area contributed by atoms with E-state index in [0.29, 0.717) is 0 Å². The van der Waals surface area contributed by atoms with Gasteiger partial charge in [-0.2, -0.15) is 0 Å². The van der Waals surface area contributed by atoms with Crippen molar-refractivity contribution in [1.29, 1.82) is 0 Å². The molecule has 0 aliphatic heterocycles. The maximum atomic E-state index is 0. The van der Waals surface area contributed by atoms with Gasteiger partial charge < -0.3 is 2.85 Å². The Labute approximate surface area is 89.7 Å². The van der Waals surface area contributed by atoms with Crippen molar-refractivity contribution in [2.75, 3.05) is 0 Å². The summed E-state index contributed by atoms with van der Waals surface area (Å²) in [5.74, 6) is 0. The Morgan fingerprint density at radius 3 is 1.00 bits per heavy atom. The topological polar surface area (TPSA) is 0 Å². The van der Waals surface area contributed by atoms with E-state index in [2.05, 4.69) is 0 Å². The van der Waals surface area contributed by atoms with E-state index in [4.69, 9.17) is 0 Å². The van der Waals surface area contributed by atoms with Crippen LogP contribution in [0.15, 0.2) is 0 Å². The van der Waals surface area contributed by atoms with Crippen LogP contribution < -0.4 is 0 Å². The van der Waals surface area contributed by atoms with Gasteiger partial charge in [0, 0.05) is 30.1 Å². The van der Waals surface area contributed by atoms with Crippen LogP contribution in [0.2, 0.25) is 0 Å². The van der Waals surface area contributed by atoms with E-state index in [9.17, 15) is 0 Å². The minimum absolute atomic E-state index is 0. The summed E-state index contributed by atoms with van der Waals surface area (Å²) in [6.07, 6.45) is 0. The first-order chi connectivity index (χ1) is 0. The Morgan fingerprint density at radius 2 is 1.00 bits per heavy atom. The van der Waals surface area contributed by atoms with Crippen molar-refractivity contribution >= 4 is 66.2 Å². The van der Waals surface area contributed by atoms with Gasteiger partial charge in [0.25, 0.3) is 0 Å². The third-order valence-electron chi connectivity index (χ3n) is 0. The van der Waals surface area contributed by atoms with Crippen LogP contribution in [-0.4, -0.2) is 66.2 Å². The molecule has 23 valence electrons. The third-order valence-corrected chi connectivity index (χ3v) is 0. The van der Waals surface area contributed by atoms with Crippen LogP contribution in [0.1, 0.15) is 2.85 Å². The van der Waals surface area contributed by atoms with Gasteiger partial charge >= 0.3 is 23.1 Å². The number of hydrogen-bond donors (Lipinski definition) is 0. The van der Waals surface area contributed by atoms with Crippen LogP contribution in [0.4, 0.5) is 0 Å². The summed E-state index contributed by atoms with van der Waals surface area (Å²) < 4.78 is 0. The molecule has 0 fully saturated rings. The van der Waals surface area contributed by atoms with Gasteiger partial charge in [0.2, 0.25) is 0 Å². The SMILES string of the molecule is [AlH3].[AlH3].[B].[H-].[H-].[Mg+2].[Ti]. The largest absolute Gasteiger partial charge is 2.00 e. The van der Waals surface area contributed by atoms with E-state index in [1.807, 2.05) is 0 Å². The standard InChI is InChI=1S/2Al.B.Mg.Ti.8H/q;;;+2;;;;;;;;2*-1. The fourth-order valence-corrected chi connectivity index (χ4v) is 0. The molecule has 0 bridgehead atoms. The summed E-state index contributed by atoms with van der Waals surface area (Å²) in [5, 5.41) is 0. The molecular formula is H8Al2BMgTi. The molecule has 0 saturated carbocycles. The zero-order valence-corrected chi connectivity index (χ0v) is 4.76. The average molecular weight is 145 g/mol. The Bertz CT molecular complexity index is 15.7. The van der Waals surface area contributed by atoms with Crippen LogP contribution in [0, 0.1) is 0 Å². The molecule has 0 unspecified atom stereocenters. The fourth-order valence-electron chi connectivity index (χ4n) is 0. The van der Waals surface area contributed by atoms with Gasteiger partial charge in [-0.15, -0.1) is 0 Å². The van der Waals surface area contributed by atoms with Gasteiger partial charge in [-0.1, -0.05) is 0 Å². The predicted octanol–water partition coefficient (Wildman–Crippen LogP) is -2.91. The molecule has 5 heteroatoms. The van der Waals surface area contributed by atoms with Crippen molar-refractivity contribution in [3.8, 4) is 0 Å². The van der Waals surface area contributed by atoms with Crippen molar-refractivity contribution in [3.63, 3.8) is 0 Å². The quantitative estimate of drug-likeness (QED) is 0.320. The molecule has 0 rings (SSSR count). The summed E-state index contributed by atoms with van der Waals surface area (Å²) in [7, 11) is 0. The summed E-state index contributed by atoms with van der Waals surface area (Å²) in [6.45, 7) is 0. The van der Waals surface area contributed by atoms with Crippen molar-refractivity contribution in [3.05, 3.63) is 0 Å². The maximum Gasteiger partial charge on any atom is 2.00 e. The summed E-state index contributed by atoms with van der Waals surface area (Å²) in [4.78, 5) is 0. The molecule has 0 nitrogen and oxygen atoms in total. The van der Waals surface area contributed by atoms with Crippen LogP contribution in [0.25, 0.3) is 0 Å². The molecule has 0 amide bonds. The van der Waals surface area contributed by atoms with E-state index in [-0.39, 0.29) is 90.8 Å². The monoisotopic (exact) mass is 145 g/mol. The fraction of sp³-hybridized carbons (Fsp3) is 0. The molecule has 3 radical (unpaired) electrons. The minimum Gasteiger partial charge on any atom is -1.00 e. The summed E-state index contributed by atoms with van der Waals surface area (Å²) in [5.41, 5.74) is 0. The van der Waals surface area contributed by atoms with E-state index >= 15 is 0 Å². The Balaban J connectivity index is 0. The van der Waals surface area contributed by atoms with Crippen molar-refractivity contribution < 1.29 is 24.6 Å². The molecule has 0 aliphatic carbocycles. The zero-order chi connectivity index (χ0) is 0. The Morgan fingerprint density at radius 1 is 1.00 bits per heavy atom. The maximum absolute atomic E-state index is 0. The molecule has 0 N–H and O–H groups in total. The van der Waals surface area contributed by atoms with Gasteiger partial charge in [0.05, 0.1) is 0 Å². The molecular weight excluding hydrogens is 137 g/mol. The number of rotatable bonds is 0. The van der Waals surface area contributed by atoms with Gasteiger partial charge in [-0.05, 0) is 0 Å². The molecule has 0 atom stereocenters. The predicted molar refractivity (Wildman–Crippen MR) is 33.6 cm³/mol. The van der Waals surface area contributed by atoms with E-state index in [1.54, 1.807) is 0 Å². The van der Waals surface area contributed by atoms with E-state index in [1.165, 1.54) is 0 Å². The van der Waals surface area contributed by atoms with Gasteiger partial charge in [0.15, 0.2) is 34.7 Å². The molecule has 0 aliphatic rings. The van der Waals surface area contributed by atoms with Crippen molar-refractivity contribution in [2.45, 2.75) is 0 Å². The second-order valence-corrected chi connectivity index (χ2v) is 0. The van der Waals surface area contributed by atoms with E-state index in [0.717, 1.165) is 0 Å². The normalized spacial score (nSPS) is 0. The summed E-state index contributed by atoms with van der Waals surface area (Å²) >= 11 is 0. The molecule has 0 spiro atoms. The molecule has 0 saturated heterocycles. The first-order valence-corrected chi connectivity index (χ1v) is 0. The van der Waals surface area contributed by atoms with Gasteiger partial charge in [-0.3, -0.25) is 0 Å². The van der Waals surface area contributed by atoms with E-state index < -0.39 is 0 Å². The smallest absolute Gasteiger partial charge is 1.00 e. The van der Waals surface area contributed by atoms with Crippen molar-refractivity contribution in [2.24, 2.45) is 0 Å². The average Bonchev–Trinajstić information content (AvgIpc) is 0. The van der Waals surface area contributed by atoms with Crippen LogP contribution in [0.5, 0.6) is 0 Å². The van der Waals surface area contributed by atoms with Crippen LogP contribution >= 0.6 is 0 Å². The minimum atomic E-state index is 0. The van der Waals surface area contributed by atoms with Gasteiger partial charge in [-0.25, -0.2) is 0 Å². The first kappa shape index (κ1) is 48.8. The van der Waals surface area contributed by atoms with Crippen LogP contribution in [0.3, 0.4) is 0 Å². The molecule has 0 aromatic rings.